The molecule has 0 amide bonds. The van der Waals surface area contributed by atoms with Crippen molar-refractivity contribution in [1.29, 1.82) is 0 Å². The first-order chi connectivity index (χ1) is 11.1. The number of imidazole rings is 1. The Morgan fingerprint density at radius 3 is 2.52 bits per heavy atom. The molecular weight excluding hydrogens is 298 g/mol. The summed E-state index contributed by atoms with van der Waals surface area (Å²) in [5.74, 6) is 0.985. The first-order valence-electron chi connectivity index (χ1n) is 7.35. The molecule has 0 bridgehead atoms. The largest absolute Gasteiger partial charge is 0.481 e. The lowest BCUT2D eigenvalue weighted by Gasteiger charge is -2.06. The monoisotopic (exact) mass is 315 g/mol. The van der Waals surface area contributed by atoms with Crippen LogP contribution in [0.2, 0.25) is 0 Å². The van der Waals surface area contributed by atoms with Crippen LogP contribution in [0.5, 0.6) is 5.88 Å². The van der Waals surface area contributed by atoms with E-state index in [0.717, 1.165) is 0 Å². The van der Waals surface area contributed by atoms with Gasteiger partial charge >= 0.3 is 5.69 Å². The van der Waals surface area contributed by atoms with E-state index in [4.69, 9.17) is 4.74 Å². The predicted molar refractivity (Wildman–Crippen MR) is 85.7 cm³/mol. The zero-order valence-electron chi connectivity index (χ0n) is 13.2. The standard InChI is InChI=1S/C15H17N5O3/c1-4-19-11-13(20(5-2)15(22)18-14(11)21)17-12(19)9-7-6-8-10(16-9)23-3/h6-8H,4-5H2,1-3H3,(H,18,21,22). The Morgan fingerprint density at radius 2 is 1.87 bits per heavy atom. The maximum absolute atomic E-state index is 12.2. The molecule has 0 saturated heterocycles. The molecule has 23 heavy (non-hydrogen) atoms. The Kier molecular flexibility index (Phi) is 3.73. The van der Waals surface area contributed by atoms with Gasteiger partial charge < -0.3 is 9.30 Å². The molecule has 0 aliphatic carbocycles. The predicted octanol–water partition coefficient (Wildman–Crippen LogP) is 0.997. The zero-order chi connectivity index (χ0) is 16.6. The van der Waals surface area contributed by atoms with Gasteiger partial charge in [-0.25, -0.2) is 14.8 Å². The summed E-state index contributed by atoms with van der Waals surface area (Å²) in [6, 6.07) is 5.33. The molecule has 0 fully saturated rings. The molecule has 0 saturated carbocycles. The van der Waals surface area contributed by atoms with Crippen molar-refractivity contribution in [1.82, 2.24) is 24.1 Å². The van der Waals surface area contributed by atoms with E-state index in [1.165, 1.54) is 11.7 Å². The first kappa shape index (κ1) is 15.0. The van der Waals surface area contributed by atoms with Gasteiger partial charge in [0.2, 0.25) is 5.88 Å². The second-order valence-electron chi connectivity index (χ2n) is 4.92. The van der Waals surface area contributed by atoms with Crippen molar-refractivity contribution < 1.29 is 4.74 Å². The molecule has 0 aliphatic heterocycles. The minimum Gasteiger partial charge on any atom is -0.481 e. The maximum atomic E-state index is 12.2. The Balaban J connectivity index is 2.40. The molecule has 3 aromatic heterocycles. The van der Waals surface area contributed by atoms with Crippen LogP contribution in [-0.2, 0) is 13.1 Å². The zero-order valence-corrected chi connectivity index (χ0v) is 13.2. The summed E-state index contributed by atoms with van der Waals surface area (Å²) in [5.41, 5.74) is 0.405. The summed E-state index contributed by atoms with van der Waals surface area (Å²) in [6.07, 6.45) is 0. The van der Waals surface area contributed by atoms with E-state index >= 15 is 0 Å². The molecule has 0 radical (unpaired) electrons. The number of hydrogen-bond donors (Lipinski definition) is 1. The van der Waals surface area contributed by atoms with Crippen molar-refractivity contribution >= 4 is 11.2 Å². The molecular formula is C15H17N5O3. The van der Waals surface area contributed by atoms with Crippen molar-refractivity contribution in [2.75, 3.05) is 7.11 Å². The normalized spacial score (nSPS) is 11.1. The lowest BCUT2D eigenvalue weighted by atomic mass is 10.3. The van der Waals surface area contributed by atoms with Gasteiger partial charge in [-0.05, 0) is 19.9 Å². The second-order valence-corrected chi connectivity index (χ2v) is 4.92. The van der Waals surface area contributed by atoms with E-state index < -0.39 is 11.2 Å². The number of H-pyrrole nitrogens is 1. The van der Waals surface area contributed by atoms with Crippen LogP contribution in [0.1, 0.15) is 13.8 Å². The highest BCUT2D eigenvalue weighted by Gasteiger charge is 2.19. The SMILES string of the molecule is CCn1c(-c2cccc(OC)n2)nc2c1c(=O)[nH]c(=O)n2CC. The number of aromatic amines is 1. The number of fused-ring (bicyclic) bond motifs is 1. The van der Waals surface area contributed by atoms with Crippen LogP contribution in [-0.4, -0.2) is 31.2 Å². The van der Waals surface area contributed by atoms with Crippen LogP contribution in [0, 0.1) is 0 Å². The Labute approximate surface area is 131 Å². The van der Waals surface area contributed by atoms with Gasteiger partial charge in [-0.2, -0.15) is 0 Å². The van der Waals surface area contributed by atoms with Crippen LogP contribution >= 0.6 is 0 Å². The fourth-order valence-corrected chi connectivity index (χ4v) is 2.62. The van der Waals surface area contributed by atoms with Gasteiger partial charge in [0, 0.05) is 19.2 Å². The average molecular weight is 315 g/mol. The quantitative estimate of drug-likeness (QED) is 0.775. The minimum absolute atomic E-state index is 0.364. The number of aryl methyl sites for hydroxylation is 2. The van der Waals surface area contributed by atoms with Gasteiger partial charge in [-0.3, -0.25) is 14.3 Å². The molecule has 0 spiro atoms. The number of pyridine rings is 1. The van der Waals surface area contributed by atoms with Gasteiger partial charge in [-0.15, -0.1) is 0 Å². The topological polar surface area (TPSA) is 94.8 Å². The van der Waals surface area contributed by atoms with E-state index in [1.807, 2.05) is 13.8 Å². The molecule has 8 heteroatoms. The molecule has 3 heterocycles. The number of ether oxygens (including phenoxy) is 1. The minimum atomic E-state index is -0.462. The van der Waals surface area contributed by atoms with Gasteiger partial charge in [0.1, 0.15) is 5.69 Å². The fourth-order valence-electron chi connectivity index (χ4n) is 2.62. The molecule has 0 aromatic carbocycles. The molecule has 120 valence electrons. The summed E-state index contributed by atoms with van der Waals surface area (Å²) < 4.78 is 8.33. The highest BCUT2D eigenvalue weighted by Crippen LogP contribution is 2.22. The summed E-state index contributed by atoms with van der Waals surface area (Å²) in [6.45, 7) is 4.67. The molecule has 1 N–H and O–H groups in total. The second kappa shape index (κ2) is 5.71. The Hall–Kier alpha value is -2.90. The van der Waals surface area contributed by atoms with Crippen LogP contribution in [0.4, 0.5) is 0 Å². The van der Waals surface area contributed by atoms with Crippen molar-refractivity contribution in [3.63, 3.8) is 0 Å². The van der Waals surface area contributed by atoms with Crippen molar-refractivity contribution in [3.8, 4) is 17.4 Å². The van der Waals surface area contributed by atoms with E-state index in [1.54, 1.807) is 22.8 Å². The van der Waals surface area contributed by atoms with Crippen LogP contribution in [0.15, 0.2) is 27.8 Å². The van der Waals surface area contributed by atoms with Crippen LogP contribution < -0.4 is 16.0 Å². The van der Waals surface area contributed by atoms with Gasteiger partial charge in [-0.1, -0.05) is 6.07 Å². The Bertz CT molecular complexity index is 983. The molecule has 0 atom stereocenters. The third kappa shape index (κ3) is 2.32. The third-order valence-corrected chi connectivity index (χ3v) is 3.68. The molecule has 3 aromatic rings. The summed E-state index contributed by atoms with van der Waals surface area (Å²) in [5, 5.41) is 0. The number of nitrogens with zero attached hydrogens (tertiary/aromatic N) is 4. The number of rotatable bonds is 4. The molecule has 3 rings (SSSR count). The Morgan fingerprint density at radius 1 is 1.13 bits per heavy atom. The lowest BCUT2D eigenvalue weighted by molar-refractivity contribution is 0.398. The summed E-state index contributed by atoms with van der Waals surface area (Å²) >= 11 is 0. The number of methoxy groups -OCH3 is 1. The number of nitrogens with one attached hydrogen (secondary N) is 1. The lowest BCUT2D eigenvalue weighted by Crippen LogP contribution is -2.30. The van der Waals surface area contributed by atoms with E-state index in [-0.39, 0.29) is 0 Å². The van der Waals surface area contributed by atoms with E-state index in [9.17, 15) is 9.59 Å². The molecule has 8 nitrogen and oxygen atoms in total. The van der Waals surface area contributed by atoms with Crippen LogP contribution in [0.25, 0.3) is 22.7 Å². The highest BCUT2D eigenvalue weighted by atomic mass is 16.5. The molecule has 0 aliphatic rings. The summed E-state index contributed by atoms with van der Waals surface area (Å²) in [7, 11) is 1.54. The summed E-state index contributed by atoms with van der Waals surface area (Å²) in [4.78, 5) is 35.4. The van der Waals surface area contributed by atoms with Crippen LogP contribution in [0.3, 0.4) is 0 Å². The fraction of sp³-hybridized carbons (Fsp3) is 0.333. The van der Waals surface area contributed by atoms with Gasteiger partial charge in [0.25, 0.3) is 5.56 Å². The average Bonchev–Trinajstić information content (AvgIpc) is 2.95. The van der Waals surface area contributed by atoms with Crippen molar-refractivity contribution in [3.05, 3.63) is 39.0 Å². The van der Waals surface area contributed by atoms with Crippen molar-refractivity contribution in [2.45, 2.75) is 26.9 Å². The van der Waals surface area contributed by atoms with Gasteiger partial charge in [0.05, 0.1) is 7.11 Å². The van der Waals surface area contributed by atoms with E-state index in [2.05, 4.69) is 15.0 Å². The third-order valence-electron chi connectivity index (χ3n) is 3.68. The number of hydrogen-bond acceptors (Lipinski definition) is 5. The number of aromatic nitrogens is 5. The smallest absolute Gasteiger partial charge is 0.330 e. The van der Waals surface area contributed by atoms with E-state index in [0.29, 0.717) is 41.7 Å². The highest BCUT2D eigenvalue weighted by molar-refractivity contribution is 5.76. The van der Waals surface area contributed by atoms with Crippen molar-refractivity contribution in [2.24, 2.45) is 0 Å². The first-order valence-corrected chi connectivity index (χ1v) is 7.35. The molecule has 0 unspecified atom stereocenters. The maximum Gasteiger partial charge on any atom is 0.330 e. The van der Waals surface area contributed by atoms with Gasteiger partial charge in [0.15, 0.2) is 17.0 Å².